The van der Waals surface area contributed by atoms with Gasteiger partial charge in [0.25, 0.3) is 0 Å². The highest BCUT2D eigenvalue weighted by Crippen LogP contribution is 2.18. The van der Waals surface area contributed by atoms with Crippen LogP contribution in [0.5, 0.6) is 0 Å². The molecule has 9 nitrogen and oxygen atoms in total. The van der Waals surface area contributed by atoms with Gasteiger partial charge in [-0.25, -0.2) is 0 Å². The molecule has 0 aromatic carbocycles. The summed E-state index contributed by atoms with van der Waals surface area (Å²) in [4.78, 5) is 45.9. The molecule has 1 aliphatic heterocycles. The Morgan fingerprint density at radius 1 is 1.25 bits per heavy atom. The van der Waals surface area contributed by atoms with Gasteiger partial charge in [0, 0.05) is 6.54 Å². The number of carboxylic acids is 2. The number of likely N-dealkylation sites (tertiary alicyclic amines) is 1. The first-order chi connectivity index (χ1) is 9.32. The molecular formula is C11H17N3O6. The van der Waals surface area contributed by atoms with E-state index in [1.807, 2.05) is 0 Å². The molecule has 0 aromatic heterocycles. The van der Waals surface area contributed by atoms with E-state index in [4.69, 9.17) is 15.9 Å². The molecule has 1 heterocycles. The van der Waals surface area contributed by atoms with E-state index in [1.54, 1.807) is 0 Å². The molecule has 2 amide bonds. The maximum atomic E-state index is 12.0. The maximum absolute atomic E-state index is 12.0. The highest BCUT2D eigenvalue weighted by molar-refractivity contribution is 5.92. The molecule has 0 radical (unpaired) electrons. The molecule has 0 spiro atoms. The lowest BCUT2D eigenvalue weighted by Gasteiger charge is -2.26. The summed E-state index contributed by atoms with van der Waals surface area (Å²) >= 11 is 0. The lowest BCUT2D eigenvalue weighted by Crippen LogP contribution is -2.52. The zero-order chi connectivity index (χ0) is 15.3. The van der Waals surface area contributed by atoms with E-state index >= 15 is 0 Å². The largest absolute Gasteiger partial charge is 0.481 e. The molecule has 2 atom stereocenters. The van der Waals surface area contributed by atoms with Crippen LogP contribution in [0.2, 0.25) is 0 Å². The standard InChI is InChI=1S/C11H17N3O6/c12-6(4-8(15)16)11(20)14-3-1-2-7(14)10(19)13-5-9(17)18/h6-7H,1-5,12H2,(H,13,19)(H,15,16)(H,17,18). The lowest BCUT2D eigenvalue weighted by molar-refractivity contribution is -0.144. The smallest absolute Gasteiger partial charge is 0.322 e. The average Bonchev–Trinajstić information content (AvgIpc) is 2.83. The SMILES string of the molecule is NC(CC(=O)O)C(=O)N1CCCC1C(=O)NCC(=O)O. The zero-order valence-electron chi connectivity index (χ0n) is 10.7. The minimum Gasteiger partial charge on any atom is -0.481 e. The zero-order valence-corrected chi connectivity index (χ0v) is 10.7. The summed E-state index contributed by atoms with van der Waals surface area (Å²) < 4.78 is 0. The number of nitrogens with zero attached hydrogens (tertiary/aromatic N) is 1. The van der Waals surface area contributed by atoms with Crippen molar-refractivity contribution in [3.05, 3.63) is 0 Å². The molecule has 2 unspecified atom stereocenters. The molecule has 0 bridgehead atoms. The van der Waals surface area contributed by atoms with Gasteiger partial charge in [0.2, 0.25) is 11.8 Å². The fourth-order valence-electron chi connectivity index (χ4n) is 2.07. The van der Waals surface area contributed by atoms with Gasteiger partial charge in [0.05, 0.1) is 12.5 Å². The number of aliphatic carboxylic acids is 2. The summed E-state index contributed by atoms with van der Waals surface area (Å²) in [5.41, 5.74) is 5.48. The van der Waals surface area contributed by atoms with Gasteiger partial charge in [-0.3, -0.25) is 19.2 Å². The van der Waals surface area contributed by atoms with E-state index in [9.17, 15) is 19.2 Å². The maximum Gasteiger partial charge on any atom is 0.322 e. The summed E-state index contributed by atoms with van der Waals surface area (Å²) in [6, 6.07) is -2.00. The molecule has 5 N–H and O–H groups in total. The van der Waals surface area contributed by atoms with Crippen molar-refractivity contribution in [1.29, 1.82) is 0 Å². The van der Waals surface area contributed by atoms with Crippen LogP contribution in [0.15, 0.2) is 0 Å². The van der Waals surface area contributed by atoms with Crippen molar-refractivity contribution in [2.75, 3.05) is 13.1 Å². The van der Waals surface area contributed by atoms with Crippen molar-refractivity contribution in [3.63, 3.8) is 0 Å². The first-order valence-corrected chi connectivity index (χ1v) is 6.10. The van der Waals surface area contributed by atoms with Crippen molar-refractivity contribution in [2.24, 2.45) is 5.73 Å². The quantitative estimate of drug-likeness (QED) is 0.440. The van der Waals surface area contributed by atoms with Crippen LogP contribution in [0.25, 0.3) is 0 Å². The number of carbonyl (C=O) groups excluding carboxylic acids is 2. The lowest BCUT2D eigenvalue weighted by atomic mass is 10.1. The van der Waals surface area contributed by atoms with E-state index in [-0.39, 0.29) is 0 Å². The van der Waals surface area contributed by atoms with Crippen LogP contribution < -0.4 is 11.1 Å². The Morgan fingerprint density at radius 2 is 1.90 bits per heavy atom. The highest BCUT2D eigenvalue weighted by atomic mass is 16.4. The van der Waals surface area contributed by atoms with Crippen LogP contribution in [-0.2, 0) is 19.2 Å². The predicted molar refractivity (Wildman–Crippen MR) is 65.6 cm³/mol. The third-order valence-corrected chi connectivity index (χ3v) is 2.96. The first-order valence-electron chi connectivity index (χ1n) is 6.10. The van der Waals surface area contributed by atoms with Gasteiger partial charge in [-0.2, -0.15) is 0 Å². The van der Waals surface area contributed by atoms with Crippen LogP contribution in [0.1, 0.15) is 19.3 Å². The molecule has 20 heavy (non-hydrogen) atoms. The fraction of sp³-hybridized carbons (Fsp3) is 0.636. The number of amides is 2. The Balaban J connectivity index is 2.64. The highest BCUT2D eigenvalue weighted by Gasteiger charge is 2.36. The van der Waals surface area contributed by atoms with Gasteiger partial charge in [0.1, 0.15) is 12.6 Å². The van der Waals surface area contributed by atoms with E-state index in [1.165, 1.54) is 4.90 Å². The summed E-state index contributed by atoms with van der Waals surface area (Å²) in [5.74, 6) is -3.56. The number of hydrogen-bond acceptors (Lipinski definition) is 5. The second-order valence-corrected chi connectivity index (χ2v) is 4.51. The topological polar surface area (TPSA) is 150 Å². The number of carboxylic acid groups (broad SMARTS) is 2. The monoisotopic (exact) mass is 287 g/mol. The van der Waals surface area contributed by atoms with Gasteiger partial charge in [-0.05, 0) is 12.8 Å². The van der Waals surface area contributed by atoms with Crippen molar-refractivity contribution in [1.82, 2.24) is 10.2 Å². The number of nitrogens with one attached hydrogen (secondary N) is 1. The third kappa shape index (κ3) is 4.19. The molecule has 112 valence electrons. The van der Waals surface area contributed by atoms with Gasteiger partial charge < -0.3 is 26.2 Å². The molecule has 1 aliphatic rings. The Hall–Kier alpha value is -2.16. The van der Waals surface area contributed by atoms with Gasteiger partial charge in [0.15, 0.2) is 0 Å². The summed E-state index contributed by atoms with van der Waals surface area (Å²) in [7, 11) is 0. The fourth-order valence-corrected chi connectivity index (χ4v) is 2.07. The minimum absolute atomic E-state index is 0.303. The van der Waals surface area contributed by atoms with Gasteiger partial charge in [-0.15, -0.1) is 0 Å². The summed E-state index contributed by atoms with van der Waals surface area (Å²) in [5, 5.41) is 19.3. The van der Waals surface area contributed by atoms with E-state index in [0.717, 1.165) is 0 Å². The van der Waals surface area contributed by atoms with Crippen LogP contribution in [0, 0.1) is 0 Å². The molecule has 1 rings (SSSR count). The van der Waals surface area contributed by atoms with Crippen LogP contribution in [-0.4, -0.2) is 64.0 Å². The van der Waals surface area contributed by atoms with Crippen molar-refractivity contribution in [2.45, 2.75) is 31.3 Å². The van der Waals surface area contributed by atoms with Crippen molar-refractivity contribution in [3.8, 4) is 0 Å². The average molecular weight is 287 g/mol. The van der Waals surface area contributed by atoms with Gasteiger partial charge in [-0.1, -0.05) is 0 Å². The number of rotatable bonds is 6. The Labute approximate surface area is 114 Å². The Bertz CT molecular complexity index is 424. The van der Waals surface area contributed by atoms with Crippen LogP contribution in [0.4, 0.5) is 0 Å². The first kappa shape index (κ1) is 15.9. The third-order valence-electron chi connectivity index (χ3n) is 2.96. The van der Waals surface area contributed by atoms with Crippen molar-refractivity contribution < 1.29 is 29.4 Å². The van der Waals surface area contributed by atoms with E-state index in [0.29, 0.717) is 19.4 Å². The molecule has 9 heteroatoms. The summed E-state index contributed by atoms with van der Waals surface area (Å²) in [6.45, 7) is -0.226. The van der Waals surface area contributed by atoms with E-state index < -0.39 is 48.8 Å². The molecule has 0 saturated carbocycles. The number of carbonyl (C=O) groups is 4. The van der Waals surface area contributed by atoms with Crippen LogP contribution in [0.3, 0.4) is 0 Å². The molecule has 1 fully saturated rings. The molecule has 1 saturated heterocycles. The normalized spacial score (nSPS) is 19.4. The van der Waals surface area contributed by atoms with E-state index in [2.05, 4.69) is 5.32 Å². The molecule has 0 aromatic rings. The number of nitrogens with two attached hydrogens (primary N) is 1. The van der Waals surface area contributed by atoms with Crippen LogP contribution >= 0.6 is 0 Å². The van der Waals surface area contributed by atoms with Crippen molar-refractivity contribution >= 4 is 23.8 Å². The second-order valence-electron chi connectivity index (χ2n) is 4.51. The second kappa shape index (κ2) is 6.85. The molecular weight excluding hydrogens is 270 g/mol. The Kier molecular flexibility index (Phi) is 5.44. The van der Waals surface area contributed by atoms with Gasteiger partial charge >= 0.3 is 11.9 Å². The summed E-state index contributed by atoms with van der Waals surface area (Å²) in [6.07, 6.45) is 0.465. The predicted octanol–water partition coefficient (Wildman–Crippen LogP) is -2.02. The minimum atomic E-state index is -1.21. The molecule has 0 aliphatic carbocycles. The number of hydrogen-bond donors (Lipinski definition) is 4. The Morgan fingerprint density at radius 3 is 2.45 bits per heavy atom.